The molecule has 2 fully saturated rings. The zero-order valence-electron chi connectivity index (χ0n) is 22.1. The van der Waals surface area contributed by atoms with Crippen molar-refractivity contribution in [3.63, 3.8) is 0 Å². The van der Waals surface area contributed by atoms with Crippen molar-refractivity contribution in [1.29, 1.82) is 0 Å². The van der Waals surface area contributed by atoms with Crippen LogP contribution < -0.4 is 14.7 Å². The molecular weight excluding hydrogens is 494 g/mol. The number of piperidine rings is 1. The van der Waals surface area contributed by atoms with E-state index in [2.05, 4.69) is 21.8 Å². The zero-order chi connectivity index (χ0) is 26.8. The summed E-state index contributed by atoms with van der Waals surface area (Å²) >= 11 is 6.55. The maximum Gasteiger partial charge on any atom is 0.278 e. The van der Waals surface area contributed by atoms with Gasteiger partial charge in [0.05, 0.1) is 17.1 Å². The number of amides is 2. The second kappa shape index (κ2) is 10.8. The van der Waals surface area contributed by atoms with Gasteiger partial charge in [-0.05, 0) is 50.5 Å². The number of quaternary nitrogens is 1. The van der Waals surface area contributed by atoms with Crippen LogP contribution in [0.4, 0.5) is 10.7 Å². The number of ether oxygens (including phenoxy) is 1. The average Bonchev–Trinajstić information content (AvgIpc) is 2.86. The van der Waals surface area contributed by atoms with Crippen LogP contribution in [0, 0.1) is 0 Å². The molecule has 1 aromatic carbocycles. The number of hydrogen-bond acceptors (Lipinski definition) is 7. The Labute approximate surface area is 223 Å². The van der Waals surface area contributed by atoms with Crippen molar-refractivity contribution >= 4 is 29.5 Å². The average molecular weight is 530 g/mol. The van der Waals surface area contributed by atoms with E-state index in [4.69, 9.17) is 16.3 Å². The van der Waals surface area contributed by atoms with E-state index in [9.17, 15) is 14.7 Å². The van der Waals surface area contributed by atoms with Crippen LogP contribution in [0.3, 0.4) is 0 Å². The maximum absolute atomic E-state index is 12.9. The minimum Gasteiger partial charge on any atom is -0.498 e. The van der Waals surface area contributed by atoms with E-state index in [0.717, 1.165) is 49.4 Å². The molecule has 2 aromatic rings. The van der Waals surface area contributed by atoms with E-state index in [0.29, 0.717) is 30.4 Å². The highest BCUT2D eigenvalue weighted by Gasteiger charge is 2.48. The molecule has 4 rings (SSSR count). The van der Waals surface area contributed by atoms with Crippen molar-refractivity contribution in [2.75, 3.05) is 37.6 Å². The number of benzene rings is 1. The fraction of sp³-hybridized carbons (Fsp3) is 0.556. The Hall–Kier alpha value is -2.91. The third kappa shape index (κ3) is 5.83. The van der Waals surface area contributed by atoms with Crippen LogP contribution in [0.15, 0.2) is 30.6 Å². The number of aryl methyl sites for hydroxylation is 1. The highest BCUT2D eigenvalue weighted by Crippen LogP contribution is 2.31. The standard InChI is InChI=1S/C27H36ClN5O4/c1-5-19-15-29-25(30-16-19)31-10-8-21(9-11-31)37-23-7-6-20(14-22(23)28)17-32-12-13-33(26(35)36,18-24(32)34)27(2,3)4/h6-7,14-16,21H,5,8-13,17-18H2,1-4H3. The lowest BCUT2D eigenvalue weighted by Gasteiger charge is -2.51. The Morgan fingerprint density at radius 1 is 1.16 bits per heavy atom. The number of halogens is 1. The van der Waals surface area contributed by atoms with Gasteiger partial charge >= 0.3 is 0 Å². The molecule has 0 aliphatic carbocycles. The van der Waals surface area contributed by atoms with E-state index >= 15 is 0 Å². The van der Waals surface area contributed by atoms with E-state index in [1.165, 1.54) is 0 Å². The molecule has 37 heavy (non-hydrogen) atoms. The Morgan fingerprint density at radius 3 is 2.38 bits per heavy atom. The first-order valence-electron chi connectivity index (χ1n) is 12.9. The molecule has 2 aliphatic rings. The van der Waals surface area contributed by atoms with Crippen LogP contribution in [0.25, 0.3) is 0 Å². The molecule has 2 amide bonds. The van der Waals surface area contributed by atoms with Gasteiger partial charge in [0.15, 0.2) is 6.54 Å². The van der Waals surface area contributed by atoms with Crippen molar-refractivity contribution in [2.24, 2.45) is 0 Å². The first-order valence-corrected chi connectivity index (χ1v) is 13.3. The second-order valence-corrected chi connectivity index (χ2v) is 11.3. The third-order valence-corrected chi connectivity index (χ3v) is 7.93. The fourth-order valence-electron chi connectivity index (χ4n) is 5.00. The summed E-state index contributed by atoms with van der Waals surface area (Å²) in [5.74, 6) is 1.17. The lowest BCUT2D eigenvalue weighted by Crippen LogP contribution is -2.74. The molecule has 1 unspecified atom stereocenters. The Morgan fingerprint density at radius 2 is 1.84 bits per heavy atom. The summed E-state index contributed by atoms with van der Waals surface area (Å²) in [6.45, 7) is 10.1. The van der Waals surface area contributed by atoms with Gasteiger partial charge in [-0.3, -0.25) is 9.28 Å². The second-order valence-electron chi connectivity index (χ2n) is 10.9. The van der Waals surface area contributed by atoms with Crippen molar-refractivity contribution in [2.45, 2.75) is 65.1 Å². The summed E-state index contributed by atoms with van der Waals surface area (Å²) in [7, 11) is 0. The molecule has 0 N–H and O–H groups in total. The summed E-state index contributed by atoms with van der Waals surface area (Å²) in [5.41, 5.74) is 1.36. The number of rotatable bonds is 6. The van der Waals surface area contributed by atoms with Crippen LogP contribution in [0.1, 0.15) is 51.7 Å². The monoisotopic (exact) mass is 529 g/mol. The molecular formula is C27H36ClN5O4. The molecule has 2 aliphatic heterocycles. The van der Waals surface area contributed by atoms with Gasteiger partial charge in [-0.1, -0.05) is 24.6 Å². The smallest absolute Gasteiger partial charge is 0.278 e. The minimum atomic E-state index is -1.21. The van der Waals surface area contributed by atoms with Crippen molar-refractivity contribution in [3.8, 4) is 5.75 Å². The van der Waals surface area contributed by atoms with Gasteiger partial charge in [0, 0.05) is 44.9 Å². The maximum atomic E-state index is 12.9. The number of nitrogens with zero attached hydrogens (tertiary/aromatic N) is 5. The van der Waals surface area contributed by atoms with Crippen molar-refractivity contribution in [3.05, 3.63) is 46.7 Å². The molecule has 0 radical (unpaired) electrons. The molecule has 0 saturated carbocycles. The van der Waals surface area contributed by atoms with E-state index in [1.54, 1.807) is 4.90 Å². The number of hydrogen-bond donors (Lipinski definition) is 0. The van der Waals surface area contributed by atoms with Crippen LogP contribution >= 0.6 is 11.6 Å². The largest absolute Gasteiger partial charge is 0.498 e. The first kappa shape index (κ1) is 27.1. The molecule has 10 heteroatoms. The summed E-state index contributed by atoms with van der Waals surface area (Å²) in [6, 6.07) is 5.58. The van der Waals surface area contributed by atoms with Crippen molar-refractivity contribution in [1.82, 2.24) is 14.9 Å². The molecule has 0 spiro atoms. The van der Waals surface area contributed by atoms with Gasteiger partial charge in [-0.25, -0.2) is 9.97 Å². The van der Waals surface area contributed by atoms with Gasteiger partial charge in [0.2, 0.25) is 5.95 Å². The Bertz CT molecular complexity index is 1130. The fourth-order valence-corrected chi connectivity index (χ4v) is 5.25. The lowest BCUT2D eigenvalue weighted by molar-refractivity contribution is -0.915. The summed E-state index contributed by atoms with van der Waals surface area (Å²) in [5, 5.41) is 12.4. The van der Waals surface area contributed by atoms with E-state index in [-0.39, 0.29) is 23.0 Å². The van der Waals surface area contributed by atoms with Crippen LogP contribution in [0.5, 0.6) is 5.75 Å². The summed E-state index contributed by atoms with van der Waals surface area (Å²) < 4.78 is 5.84. The molecule has 2 saturated heterocycles. The minimum absolute atomic E-state index is 0.0473. The molecule has 9 nitrogen and oxygen atoms in total. The Balaban J connectivity index is 1.32. The lowest BCUT2D eigenvalue weighted by atomic mass is 9.99. The predicted octanol–water partition coefficient (Wildman–Crippen LogP) is 3.04. The summed E-state index contributed by atoms with van der Waals surface area (Å²) in [4.78, 5) is 37.6. The normalized spacial score (nSPS) is 21.3. The topological polar surface area (TPSA) is 98.7 Å². The van der Waals surface area contributed by atoms with Gasteiger partial charge < -0.3 is 24.4 Å². The predicted molar refractivity (Wildman–Crippen MR) is 139 cm³/mol. The van der Waals surface area contributed by atoms with Gasteiger partial charge in [-0.15, -0.1) is 0 Å². The molecule has 200 valence electrons. The number of carbonyl (C=O) groups excluding carboxylic acids is 2. The van der Waals surface area contributed by atoms with Gasteiger partial charge in [0.1, 0.15) is 18.4 Å². The van der Waals surface area contributed by atoms with Crippen molar-refractivity contribution < 1.29 is 23.9 Å². The highest BCUT2D eigenvalue weighted by molar-refractivity contribution is 6.32. The number of carbonyl (C=O) groups is 2. The molecule has 0 bridgehead atoms. The number of anilines is 1. The Kier molecular flexibility index (Phi) is 7.94. The molecule has 1 atom stereocenters. The van der Waals surface area contributed by atoms with E-state index in [1.807, 2.05) is 51.4 Å². The third-order valence-electron chi connectivity index (χ3n) is 7.63. The van der Waals surface area contributed by atoms with Crippen LogP contribution in [-0.2, 0) is 17.8 Å². The number of piperazine rings is 1. The van der Waals surface area contributed by atoms with Crippen LogP contribution in [-0.4, -0.2) is 75.7 Å². The molecule has 1 aromatic heterocycles. The SMILES string of the molecule is CCc1cnc(N2CCC(Oc3ccc(CN4CC[N+](C(=O)[O-])(C(C)(C)C)CC4=O)cc3Cl)CC2)nc1. The van der Waals surface area contributed by atoms with Gasteiger partial charge in [0.25, 0.3) is 12.0 Å². The van der Waals surface area contributed by atoms with Gasteiger partial charge in [-0.2, -0.15) is 0 Å². The zero-order valence-corrected chi connectivity index (χ0v) is 22.8. The highest BCUT2D eigenvalue weighted by atomic mass is 35.5. The molecule has 3 heterocycles. The number of aromatic nitrogens is 2. The summed E-state index contributed by atoms with van der Waals surface area (Å²) in [6.07, 6.45) is 5.20. The van der Waals surface area contributed by atoms with Crippen LogP contribution in [0.2, 0.25) is 5.02 Å². The quantitative estimate of drug-likeness (QED) is 0.530. The van der Waals surface area contributed by atoms with E-state index < -0.39 is 11.6 Å². The first-order chi connectivity index (χ1) is 17.5. The number of carboxylic acid groups (broad SMARTS) is 1.